The van der Waals surface area contributed by atoms with Crippen LogP contribution in [-0.2, 0) is 32.2 Å². The van der Waals surface area contributed by atoms with Crippen molar-refractivity contribution in [3.63, 3.8) is 0 Å². The lowest BCUT2D eigenvalue weighted by Crippen LogP contribution is -2.38. The summed E-state index contributed by atoms with van der Waals surface area (Å²) in [7, 11) is 0. The quantitative estimate of drug-likeness (QED) is 0.214. The number of anilines is 1. The summed E-state index contributed by atoms with van der Waals surface area (Å²) < 4.78 is 21.8. The summed E-state index contributed by atoms with van der Waals surface area (Å²) in [5, 5.41) is 10.5. The molecule has 0 bridgehead atoms. The maximum atomic E-state index is 10.5. The predicted molar refractivity (Wildman–Crippen MR) is 138 cm³/mol. The van der Waals surface area contributed by atoms with Gasteiger partial charge in [0, 0.05) is 57.1 Å². The summed E-state index contributed by atoms with van der Waals surface area (Å²) in [6, 6.07) is 14.3. The molecule has 0 unspecified atom stereocenters. The molecule has 0 radical (unpaired) electrons. The third-order valence-electron chi connectivity index (χ3n) is 5.98. The van der Waals surface area contributed by atoms with Crippen molar-refractivity contribution in [1.29, 1.82) is 0 Å². The molecule has 0 aromatic heterocycles. The Morgan fingerprint density at radius 2 is 1.17 bits per heavy atom. The molecule has 2 fully saturated rings. The van der Waals surface area contributed by atoms with Gasteiger partial charge in [-0.2, -0.15) is 0 Å². The Labute approximate surface area is 213 Å². The second-order valence-electron chi connectivity index (χ2n) is 8.68. The van der Waals surface area contributed by atoms with Crippen LogP contribution in [-0.4, -0.2) is 93.6 Å². The Hall–Kier alpha value is -2.60. The number of hydrogen-bond acceptors (Lipinski definition) is 9. The molecule has 0 spiro atoms. The number of nitrogen functional groups attached to an aromatic ring is 1. The Kier molecular flexibility index (Phi) is 12.6. The lowest BCUT2D eigenvalue weighted by Gasteiger charge is -2.26. The molecule has 198 valence electrons. The fourth-order valence-corrected chi connectivity index (χ4v) is 3.74. The number of non-ortho nitro benzene ring substituents is 1. The number of rotatable bonds is 11. The van der Waals surface area contributed by atoms with Gasteiger partial charge in [0.1, 0.15) is 0 Å². The first kappa shape index (κ1) is 28.0. The molecule has 4 rings (SSSR count). The van der Waals surface area contributed by atoms with Gasteiger partial charge < -0.3 is 24.7 Å². The van der Waals surface area contributed by atoms with E-state index >= 15 is 0 Å². The maximum Gasteiger partial charge on any atom is 0.269 e. The average Bonchev–Trinajstić information content (AvgIpc) is 2.92. The zero-order chi connectivity index (χ0) is 25.4. The van der Waals surface area contributed by atoms with Crippen molar-refractivity contribution >= 4 is 11.4 Å². The third-order valence-corrected chi connectivity index (χ3v) is 5.98. The number of morpholine rings is 2. The summed E-state index contributed by atoms with van der Waals surface area (Å²) in [5.74, 6) is 0. The standard InChI is InChI=1S/C13H18N2O4.C13H20N2O2/c16-15(17)13-3-1-12(2-4-13)11-19-10-7-14-5-8-18-9-6-14;14-13-3-1-12(2-4-13)11-17-10-7-15-5-8-16-9-6-15/h1-4H,5-11H2;1-4H,5-11,14H2. The van der Waals surface area contributed by atoms with Crippen LogP contribution in [0.15, 0.2) is 48.5 Å². The van der Waals surface area contributed by atoms with Crippen molar-refractivity contribution in [2.75, 3.05) is 84.6 Å². The van der Waals surface area contributed by atoms with Crippen LogP contribution in [0.5, 0.6) is 0 Å². The second-order valence-corrected chi connectivity index (χ2v) is 8.68. The summed E-state index contributed by atoms with van der Waals surface area (Å²) >= 11 is 0. The first-order valence-corrected chi connectivity index (χ1v) is 12.4. The molecule has 10 nitrogen and oxygen atoms in total. The summed E-state index contributed by atoms with van der Waals surface area (Å²) in [6.45, 7) is 11.7. The van der Waals surface area contributed by atoms with E-state index in [-0.39, 0.29) is 5.69 Å². The fraction of sp³-hybridized carbons (Fsp3) is 0.538. The van der Waals surface area contributed by atoms with Crippen LogP contribution in [0, 0.1) is 10.1 Å². The fourth-order valence-electron chi connectivity index (χ4n) is 3.74. The Morgan fingerprint density at radius 1 is 0.750 bits per heavy atom. The second kappa shape index (κ2) is 16.2. The Balaban J connectivity index is 0.000000202. The van der Waals surface area contributed by atoms with Crippen LogP contribution in [0.2, 0.25) is 0 Å². The number of hydrogen-bond donors (Lipinski definition) is 1. The van der Waals surface area contributed by atoms with Crippen LogP contribution < -0.4 is 5.73 Å². The van der Waals surface area contributed by atoms with Gasteiger partial charge in [-0.15, -0.1) is 0 Å². The molecule has 2 N–H and O–H groups in total. The van der Waals surface area contributed by atoms with Gasteiger partial charge in [0.05, 0.1) is 57.8 Å². The zero-order valence-electron chi connectivity index (χ0n) is 20.9. The minimum atomic E-state index is -0.400. The van der Waals surface area contributed by atoms with E-state index in [2.05, 4.69) is 9.80 Å². The minimum Gasteiger partial charge on any atom is -0.399 e. The van der Waals surface area contributed by atoms with Gasteiger partial charge >= 0.3 is 0 Å². The minimum absolute atomic E-state index is 0.108. The number of nitro groups is 1. The summed E-state index contributed by atoms with van der Waals surface area (Å²) in [5.41, 5.74) is 8.64. The van der Waals surface area contributed by atoms with Crippen molar-refractivity contribution in [2.24, 2.45) is 0 Å². The van der Waals surface area contributed by atoms with E-state index in [9.17, 15) is 10.1 Å². The van der Waals surface area contributed by atoms with E-state index < -0.39 is 4.92 Å². The SMILES string of the molecule is Nc1ccc(COCCN2CCOCC2)cc1.O=[N+]([O-])c1ccc(COCCN2CCOCC2)cc1. The predicted octanol–water partition coefficient (Wildman–Crippen LogP) is 2.56. The molecule has 0 amide bonds. The van der Waals surface area contributed by atoms with Gasteiger partial charge in [0.25, 0.3) is 5.69 Å². The third kappa shape index (κ3) is 11.0. The number of nitrogens with two attached hydrogens (primary N) is 1. The molecular weight excluding hydrogens is 464 g/mol. The van der Waals surface area contributed by atoms with E-state index in [4.69, 9.17) is 24.7 Å². The van der Waals surface area contributed by atoms with Gasteiger partial charge in [-0.3, -0.25) is 19.9 Å². The van der Waals surface area contributed by atoms with E-state index in [1.807, 2.05) is 24.3 Å². The highest BCUT2D eigenvalue weighted by Gasteiger charge is 2.10. The van der Waals surface area contributed by atoms with E-state index in [0.717, 1.165) is 83.6 Å². The maximum absolute atomic E-state index is 10.5. The van der Waals surface area contributed by atoms with Gasteiger partial charge in [-0.25, -0.2) is 0 Å². The lowest BCUT2D eigenvalue weighted by molar-refractivity contribution is -0.384. The van der Waals surface area contributed by atoms with Crippen LogP contribution in [0.3, 0.4) is 0 Å². The average molecular weight is 503 g/mol. The summed E-state index contributed by atoms with van der Waals surface area (Å²) in [6.07, 6.45) is 0. The van der Waals surface area contributed by atoms with Gasteiger partial charge in [0.15, 0.2) is 0 Å². The monoisotopic (exact) mass is 502 g/mol. The van der Waals surface area contributed by atoms with Gasteiger partial charge in [-0.05, 0) is 35.4 Å². The first-order chi connectivity index (χ1) is 17.6. The molecule has 0 aliphatic carbocycles. The van der Waals surface area contributed by atoms with E-state index in [1.165, 1.54) is 17.7 Å². The van der Waals surface area contributed by atoms with E-state index in [0.29, 0.717) is 19.8 Å². The topological polar surface area (TPSA) is 113 Å². The largest absolute Gasteiger partial charge is 0.399 e. The normalized spacial score (nSPS) is 16.8. The van der Waals surface area contributed by atoms with Crippen molar-refractivity contribution in [2.45, 2.75) is 13.2 Å². The molecule has 36 heavy (non-hydrogen) atoms. The summed E-state index contributed by atoms with van der Waals surface area (Å²) in [4.78, 5) is 14.8. The first-order valence-electron chi connectivity index (χ1n) is 12.4. The van der Waals surface area contributed by atoms with Crippen molar-refractivity contribution in [3.05, 3.63) is 69.8 Å². The van der Waals surface area contributed by atoms with Crippen molar-refractivity contribution < 1.29 is 23.9 Å². The van der Waals surface area contributed by atoms with Crippen LogP contribution in [0.4, 0.5) is 11.4 Å². The molecular formula is C26H38N4O6. The van der Waals surface area contributed by atoms with Crippen LogP contribution in [0.25, 0.3) is 0 Å². The zero-order valence-corrected chi connectivity index (χ0v) is 20.9. The molecule has 10 heteroatoms. The highest BCUT2D eigenvalue weighted by molar-refractivity contribution is 5.39. The molecule has 2 aromatic rings. The number of ether oxygens (including phenoxy) is 4. The molecule has 2 aliphatic rings. The van der Waals surface area contributed by atoms with Crippen molar-refractivity contribution in [3.8, 4) is 0 Å². The van der Waals surface area contributed by atoms with Gasteiger partial charge in [0.2, 0.25) is 0 Å². The molecule has 2 aliphatic heterocycles. The Morgan fingerprint density at radius 3 is 1.58 bits per heavy atom. The lowest BCUT2D eigenvalue weighted by atomic mass is 10.2. The molecule has 2 saturated heterocycles. The number of nitrogens with zero attached hydrogens (tertiary/aromatic N) is 3. The highest BCUT2D eigenvalue weighted by atomic mass is 16.6. The Bertz CT molecular complexity index is 869. The van der Waals surface area contributed by atoms with Crippen molar-refractivity contribution in [1.82, 2.24) is 9.80 Å². The number of benzene rings is 2. The molecule has 0 atom stereocenters. The smallest absolute Gasteiger partial charge is 0.269 e. The molecule has 0 saturated carbocycles. The molecule has 2 aromatic carbocycles. The van der Waals surface area contributed by atoms with E-state index in [1.54, 1.807) is 12.1 Å². The van der Waals surface area contributed by atoms with Gasteiger partial charge in [-0.1, -0.05) is 12.1 Å². The molecule has 2 heterocycles. The highest BCUT2D eigenvalue weighted by Crippen LogP contribution is 2.12. The van der Waals surface area contributed by atoms with Crippen LogP contribution >= 0.6 is 0 Å². The van der Waals surface area contributed by atoms with Crippen LogP contribution in [0.1, 0.15) is 11.1 Å². The number of nitro benzene ring substituents is 1.